The molecule has 0 amide bonds. The fourth-order valence-corrected chi connectivity index (χ4v) is 2.42. The second-order valence-corrected chi connectivity index (χ2v) is 5.42. The number of hydrogen-bond donors (Lipinski definition) is 0. The third kappa shape index (κ3) is 2.33. The summed E-state index contributed by atoms with van der Waals surface area (Å²) in [7, 11) is 0. The molecule has 18 heavy (non-hydrogen) atoms. The second kappa shape index (κ2) is 4.97. The number of benzene rings is 2. The van der Waals surface area contributed by atoms with Crippen molar-refractivity contribution in [1.29, 1.82) is 0 Å². The van der Waals surface area contributed by atoms with Gasteiger partial charge in [0.2, 0.25) is 0 Å². The minimum absolute atomic E-state index is 0.112. The Kier molecular flexibility index (Phi) is 3.56. The smallest absolute Gasteiger partial charge is 0.0172 e. The van der Waals surface area contributed by atoms with Crippen molar-refractivity contribution < 1.29 is 0 Å². The van der Waals surface area contributed by atoms with Gasteiger partial charge in [-0.25, -0.2) is 0 Å². The Hall–Kier alpha value is -1.56. The van der Waals surface area contributed by atoms with Gasteiger partial charge in [-0.15, -0.1) is 0 Å². The molecule has 0 aliphatic carbocycles. The van der Waals surface area contributed by atoms with Crippen LogP contribution in [0.5, 0.6) is 0 Å². The molecule has 0 aliphatic rings. The first-order valence-corrected chi connectivity index (χ1v) is 6.70. The molecule has 0 atom stereocenters. The molecular formula is C18H22. The number of aryl methyl sites for hydroxylation is 2. The molecule has 0 heteroatoms. The highest BCUT2D eigenvalue weighted by Gasteiger charge is 2.26. The van der Waals surface area contributed by atoms with Gasteiger partial charge in [0.1, 0.15) is 0 Å². The summed E-state index contributed by atoms with van der Waals surface area (Å²) < 4.78 is 0. The van der Waals surface area contributed by atoms with Crippen LogP contribution in [0.15, 0.2) is 48.5 Å². The zero-order chi connectivity index (χ0) is 13.2. The van der Waals surface area contributed by atoms with Gasteiger partial charge in [-0.05, 0) is 31.4 Å². The summed E-state index contributed by atoms with van der Waals surface area (Å²) in [5.41, 5.74) is 5.56. The van der Waals surface area contributed by atoms with Gasteiger partial charge in [-0.1, -0.05) is 73.5 Å². The maximum atomic E-state index is 2.34. The van der Waals surface area contributed by atoms with Crippen molar-refractivity contribution in [3.8, 4) is 0 Å². The van der Waals surface area contributed by atoms with E-state index in [4.69, 9.17) is 0 Å². The fourth-order valence-electron chi connectivity index (χ4n) is 2.42. The fraction of sp³-hybridized carbons (Fsp3) is 0.333. The first-order valence-electron chi connectivity index (χ1n) is 6.70. The van der Waals surface area contributed by atoms with Crippen LogP contribution in [0.2, 0.25) is 0 Å². The molecule has 2 aromatic rings. The average Bonchev–Trinajstić information content (AvgIpc) is 2.39. The van der Waals surface area contributed by atoms with E-state index in [1.54, 1.807) is 0 Å². The zero-order valence-corrected chi connectivity index (χ0v) is 11.8. The van der Waals surface area contributed by atoms with Gasteiger partial charge in [-0.2, -0.15) is 0 Å². The molecule has 0 saturated heterocycles. The Morgan fingerprint density at radius 3 is 1.33 bits per heavy atom. The third-order valence-corrected chi connectivity index (χ3v) is 4.08. The van der Waals surface area contributed by atoms with Gasteiger partial charge in [0.15, 0.2) is 0 Å². The van der Waals surface area contributed by atoms with Crippen LogP contribution in [0.4, 0.5) is 0 Å². The van der Waals surface area contributed by atoms with Crippen LogP contribution in [0.1, 0.15) is 42.5 Å². The van der Waals surface area contributed by atoms with E-state index in [0.717, 1.165) is 6.42 Å². The summed E-state index contributed by atoms with van der Waals surface area (Å²) in [6.45, 7) is 8.87. The van der Waals surface area contributed by atoms with E-state index in [-0.39, 0.29) is 5.41 Å². The van der Waals surface area contributed by atoms with Crippen molar-refractivity contribution >= 4 is 0 Å². The standard InChI is InChI=1S/C18H22/c1-5-18(4,16-10-6-14(2)7-11-16)17-12-8-15(3)9-13-17/h6-13H,5H2,1-4H3. The molecule has 0 nitrogen and oxygen atoms in total. The monoisotopic (exact) mass is 238 g/mol. The van der Waals surface area contributed by atoms with E-state index in [9.17, 15) is 0 Å². The van der Waals surface area contributed by atoms with E-state index in [1.165, 1.54) is 22.3 Å². The van der Waals surface area contributed by atoms with Gasteiger partial charge < -0.3 is 0 Å². The molecule has 0 aliphatic heterocycles. The molecule has 0 spiro atoms. The Morgan fingerprint density at radius 2 is 1.06 bits per heavy atom. The van der Waals surface area contributed by atoms with Gasteiger partial charge in [0, 0.05) is 5.41 Å². The maximum absolute atomic E-state index is 2.34. The van der Waals surface area contributed by atoms with Crippen molar-refractivity contribution in [2.45, 2.75) is 39.5 Å². The lowest BCUT2D eigenvalue weighted by molar-refractivity contribution is 0.549. The van der Waals surface area contributed by atoms with E-state index >= 15 is 0 Å². The summed E-state index contributed by atoms with van der Waals surface area (Å²) in [5, 5.41) is 0. The van der Waals surface area contributed by atoms with Crippen molar-refractivity contribution in [2.24, 2.45) is 0 Å². The van der Waals surface area contributed by atoms with E-state index in [0.29, 0.717) is 0 Å². The molecule has 0 radical (unpaired) electrons. The first-order chi connectivity index (χ1) is 8.56. The molecule has 94 valence electrons. The van der Waals surface area contributed by atoms with Crippen LogP contribution in [-0.2, 0) is 5.41 Å². The Labute approximate surface area is 111 Å². The summed E-state index contributed by atoms with van der Waals surface area (Å²) in [6, 6.07) is 17.9. The maximum Gasteiger partial charge on any atom is 0.0172 e. The van der Waals surface area contributed by atoms with Crippen LogP contribution in [-0.4, -0.2) is 0 Å². The highest BCUT2D eigenvalue weighted by Crippen LogP contribution is 2.35. The molecule has 0 heterocycles. The Balaban J connectivity index is 2.47. The van der Waals surface area contributed by atoms with Crippen molar-refractivity contribution in [1.82, 2.24) is 0 Å². The summed E-state index contributed by atoms with van der Waals surface area (Å²) in [6.07, 6.45) is 1.11. The van der Waals surface area contributed by atoms with Crippen molar-refractivity contribution in [2.75, 3.05) is 0 Å². The van der Waals surface area contributed by atoms with Gasteiger partial charge in [-0.3, -0.25) is 0 Å². The highest BCUT2D eigenvalue weighted by atomic mass is 14.3. The molecule has 2 rings (SSSR count). The predicted octanol–water partition coefficient (Wildman–Crippen LogP) is 5.02. The topological polar surface area (TPSA) is 0 Å². The lowest BCUT2D eigenvalue weighted by Gasteiger charge is -2.30. The molecule has 2 aromatic carbocycles. The van der Waals surface area contributed by atoms with Gasteiger partial charge in [0.25, 0.3) is 0 Å². The van der Waals surface area contributed by atoms with Crippen molar-refractivity contribution in [3.05, 3.63) is 70.8 Å². The van der Waals surface area contributed by atoms with E-state index in [2.05, 4.69) is 76.2 Å². The van der Waals surface area contributed by atoms with Crippen molar-refractivity contribution in [3.63, 3.8) is 0 Å². The third-order valence-electron chi connectivity index (χ3n) is 4.08. The van der Waals surface area contributed by atoms with Crippen LogP contribution in [0.25, 0.3) is 0 Å². The van der Waals surface area contributed by atoms with Crippen LogP contribution >= 0.6 is 0 Å². The quantitative estimate of drug-likeness (QED) is 0.704. The first kappa shape index (κ1) is 12.9. The highest BCUT2D eigenvalue weighted by molar-refractivity contribution is 5.40. The Morgan fingerprint density at radius 1 is 0.722 bits per heavy atom. The lowest BCUT2D eigenvalue weighted by Crippen LogP contribution is -2.22. The largest absolute Gasteiger partial charge is 0.0642 e. The summed E-state index contributed by atoms with van der Waals surface area (Å²) >= 11 is 0. The van der Waals surface area contributed by atoms with Crippen LogP contribution in [0, 0.1) is 13.8 Å². The number of hydrogen-bond acceptors (Lipinski definition) is 0. The minimum atomic E-state index is 0.112. The molecule has 0 saturated carbocycles. The van der Waals surface area contributed by atoms with E-state index < -0.39 is 0 Å². The predicted molar refractivity (Wildman–Crippen MR) is 79.1 cm³/mol. The second-order valence-electron chi connectivity index (χ2n) is 5.42. The molecule has 0 fully saturated rings. The molecular weight excluding hydrogens is 216 g/mol. The molecule has 0 N–H and O–H groups in total. The van der Waals surface area contributed by atoms with Gasteiger partial charge >= 0.3 is 0 Å². The lowest BCUT2D eigenvalue weighted by atomic mass is 9.74. The summed E-state index contributed by atoms with van der Waals surface area (Å²) in [5.74, 6) is 0. The van der Waals surface area contributed by atoms with Crippen LogP contribution < -0.4 is 0 Å². The minimum Gasteiger partial charge on any atom is -0.0642 e. The number of rotatable bonds is 3. The molecule has 0 unspecified atom stereocenters. The SMILES string of the molecule is CCC(C)(c1ccc(C)cc1)c1ccc(C)cc1. The normalized spacial score (nSPS) is 11.6. The average molecular weight is 238 g/mol. The summed E-state index contributed by atoms with van der Waals surface area (Å²) in [4.78, 5) is 0. The Bertz CT molecular complexity index is 457. The van der Waals surface area contributed by atoms with Gasteiger partial charge in [0.05, 0.1) is 0 Å². The molecule has 0 bridgehead atoms. The molecule has 0 aromatic heterocycles. The van der Waals surface area contributed by atoms with E-state index in [1.807, 2.05) is 0 Å². The zero-order valence-electron chi connectivity index (χ0n) is 11.8. The van der Waals surface area contributed by atoms with Crippen LogP contribution in [0.3, 0.4) is 0 Å².